The zero-order valence-electron chi connectivity index (χ0n) is 16.8. The van der Waals surface area contributed by atoms with Crippen molar-refractivity contribution >= 4 is 0 Å². The highest BCUT2D eigenvalue weighted by molar-refractivity contribution is 5.28. The van der Waals surface area contributed by atoms with Crippen molar-refractivity contribution in [3.05, 3.63) is 108 Å². The van der Waals surface area contributed by atoms with Crippen molar-refractivity contribution in [2.45, 2.75) is 43.9 Å². The lowest BCUT2D eigenvalue weighted by Gasteiger charge is -2.33. The van der Waals surface area contributed by atoms with Crippen molar-refractivity contribution in [3.8, 4) is 0 Å². The van der Waals surface area contributed by atoms with Crippen LogP contribution in [0.1, 0.15) is 29.7 Å². The lowest BCUT2D eigenvalue weighted by Crippen LogP contribution is -2.46. The highest BCUT2D eigenvalue weighted by Gasteiger charge is 2.67. The van der Waals surface area contributed by atoms with Crippen LogP contribution in [-0.4, -0.2) is 29.3 Å². The molecule has 3 nitrogen and oxygen atoms in total. The van der Waals surface area contributed by atoms with E-state index in [4.69, 9.17) is 9.47 Å². The third-order valence-electron chi connectivity index (χ3n) is 6.29. The molecule has 2 fully saturated rings. The third kappa shape index (κ3) is 3.86. The summed E-state index contributed by atoms with van der Waals surface area (Å²) in [7, 11) is 0. The van der Waals surface area contributed by atoms with Crippen molar-refractivity contribution in [2.75, 3.05) is 6.61 Å². The van der Waals surface area contributed by atoms with E-state index in [0.29, 0.717) is 0 Å². The summed E-state index contributed by atoms with van der Waals surface area (Å²) in [5, 5.41) is 0. The number of hydrogen-bond donors (Lipinski definition) is 0. The van der Waals surface area contributed by atoms with Crippen LogP contribution < -0.4 is 0 Å². The second kappa shape index (κ2) is 7.75. The van der Waals surface area contributed by atoms with Crippen LogP contribution >= 0.6 is 0 Å². The van der Waals surface area contributed by atoms with Crippen molar-refractivity contribution in [1.29, 1.82) is 0 Å². The largest absolute Gasteiger partial charge is 0.365 e. The predicted octanol–water partition coefficient (Wildman–Crippen LogP) is 4.99. The maximum Gasteiger partial charge on any atom is 0.136 e. The standard InChI is InChI=1S/C26H27NO2/c1-20(26(19-28-26)25-24(29-25)23-15-9-4-10-16-23)27(17-21-11-5-2-6-12-21)18-22-13-7-3-8-14-22/h2-16,20,24-25H,17-19H2,1H3/t20-,24+,25-,26+/m0/s1. The molecule has 3 aromatic rings. The number of ether oxygens (including phenoxy) is 2. The average molecular weight is 386 g/mol. The molecule has 3 heteroatoms. The molecule has 0 spiro atoms. The van der Waals surface area contributed by atoms with Crippen molar-refractivity contribution < 1.29 is 9.47 Å². The number of hydrogen-bond acceptors (Lipinski definition) is 3. The first kappa shape index (κ1) is 18.6. The van der Waals surface area contributed by atoms with E-state index >= 15 is 0 Å². The van der Waals surface area contributed by atoms with Gasteiger partial charge in [-0.3, -0.25) is 4.90 Å². The smallest absolute Gasteiger partial charge is 0.136 e. The summed E-state index contributed by atoms with van der Waals surface area (Å²) in [5.74, 6) is 0. The van der Waals surface area contributed by atoms with Crippen LogP contribution in [0.5, 0.6) is 0 Å². The van der Waals surface area contributed by atoms with Gasteiger partial charge in [0.2, 0.25) is 0 Å². The molecule has 0 saturated carbocycles. The Morgan fingerprint density at radius 2 is 1.31 bits per heavy atom. The van der Waals surface area contributed by atoms with E-state index < -0.39 is 0 Å². The van der Waals surface area contributed by atoms with Crippen LogP contribution in [-0.2, 0) is 22.6 Å². The molecule has 2 aliphatic heterocycles. The fourth-order valence-electron chi connectivity index (χ4n) is 4.38. The van der Waals surface area contributed by atoms with Crippen LogP contribution in [0, 0.1) is 0 Å². The van der Waals surface area contributed by atoms with Gasteiger partial charge in [0.1, 0.15) is 17.8 Å². The van der Waals surface area contributed by atoms with Gasteiger partial charge < -0.3 is 9.47 Å². The van der Waals surface area contributed by atoms with Gasteiger partial charge >= 0.3 is 0 Å². The molecule has 4 atom stereocenters. The lowest BCUT2D eigenvalue weighted by molar-refractivity contribution is 0.0858. The minimum atomic E-state index is -0.218. The molecule has 0 N–H and O–H groups in total. The summed E-state index contributed by atoms with van der Waals surface area (Å²) in [6, 6.07) is 32.1. The van der Waals surface area contributed by atoms with Gasteiger partial charge in [0.05, 0.1) is 6.61 Å². The van der Waals surface area contributed by atoms with Gasteiger partial charge in [-0.15, -0.1) is 0 Å². The van der Waals surface area contributed by atoms with Crippen molar-refractivity contribution in [3.63, 3.8) is 0 Å². The normalized spacial score (nSPS) is 26.3. The van der Waals surface area contributed by atoms with Crippen molar-refractivity contribution in [1.82, 2.24) is 4.90 Å². The van der Waals surface area contributed by atoms with Crippen LogP contribution in [0.4, 0.5) is 0 Å². The van der Waals surface area contributed by atoms with E-state index in [-0.39, 0.29) is 23.9 Å². The quantitative estimate of drug-likeness (QED) is 0.512. The van der Waals surface area contributed by atoms with Crippen LogP contribution in [0.3, 0.4) is 0 Å². The molecule has 0 amide bonds. The monoisotopic (exact) mass is 385 g/mol. The predicted molar refractivity (Wildman–Crippen MR) is 114 cm³/mol. The van der Waals surface area contributed by atoms with Crippen LogP contribution in [0.2, 0.25) is 0 Å². The Bertz CT molecular complexity index is 883. The number of nitrogens with zero attached hydrogens (tertiary/aromatic N) is 1. The maximum absolute atomic E-state index is 6.15. The molecule has 0 aromatic heterocycles. The Morgan fingerprint density at radius 1 is 0.828 bits per heavy atom. The van der Waals surface area contributed by atoms with Crippen LogP contribution in [0.15, 0.2) is 91.0 Å². The Morgan fingerprint density at radius 3 is 1.79 bits per heavy atom. The Labute approximate surface area is 172 Å². The molecule has 0 bridgehead atoms. The van der Waals surface area contributed by atoms with Gasteiger partial charge in [-0.1, -0.05) is 91.0 Å². The molecular formula is C26H27NO2. The molecule has 2 aliphatic rings. The summed E-state index contributed by atoms with van der Waals surface area (Å²) in [6.45, 7) is 4.85. The summed E-state index contributed by atoms with van der Waals surface area (Å²) in [5.41, 5.74) is 3.67. The van der Waals surface area contributed by atoms with Gasteiger partial charge in [0, 0.05) is 19.1 Å². The fourth-order valence-corrected chi connectivity index (χ4v) is 4.38. The first-order valence-corrected chi connectivity index (χ1v) is 10.4. The molecule has 0 aliphatic carbocycles. The Kier molecular flexibility index (Phi) is 4.96. The minimum absolute atomic E-state index is 0.133. The minimum Gasteiger partial charge on any atom is -0.365 e. The van der Waals surface area contributed by atoms with E-state index in [0.717, 1.165) is 19.7 Å². The van der Waals surface area contributed by atoms with E-state index in [1.165, 1.54) is 16.7 Å². The summed E-state index contributed by atoms with van der Waals surface area (Å²) >= 11 is 0. The van der Waals surface area contributed by atoms with E-state index in [1.54, 1.807) is 0 Å². The zero-order valence-corrected chi connectivity index (χ0v) is 16.8. The zero-order chi connectivity index (χ0) is 19.7. The Hall–Kier alpha value is -2.46. The number of benzene rings is 3. The highest BCUT2D eigenvalue weighted by atomic mass is 16.7. The summed E-state index contributed by atoms with van der Waals surface area (Å²) in [4.78, 5) is 2.53. The molecule has 29 heavy (non-hydrogen) atoms. The lowest BCUT2D eigenvalue weighted by atomic mass is 9.92. The third-order valence-corrected chi connectivity index (χ3v) is 6.29. The maximum atomic E-state index is 6.15. The van der Waals surface area contributed by atoms with E-state index in [9.17, 15) is 0 Å². The van der Waals surface area contributed by atoms with Gasteiger partial charge in [-0.25, -0.2) is 0 Å². The molecule has 148 valence electrons. The SMILES string of the molecule is C[C@H](N(Cc1ccccc1)Cc1ccccc1)[C@@]1([C@H]2O[C@@H]2c2ccccc2)CO1. The van der Waals surface area contributed by atoms with Gasteiger partial charge in [0.25, 0.3) is 0 Å². The average Bonchev–Trinajstić information content (AvgIpc) is 3.69. The Balaban J connectivity index is 1.37. The molecule has 0 unspecified atom stereocenters. The number of epoxide rings is 2. The van der Waals surface area contributed by atoms with E-state index in [2.05, 4.69) is 96.8 Å². The fraction of sp³-hybridized carbons (Fsp3) is 0.308. The molecular weight excluding hydrogens is 358 g/mol. The molecule has 2 saturated heterocycles. The summed E-state index contributed by atoms with van der Waals surface area (Å²) in [6.07, 6.45) is 0.283. The second-order valence-electron chi connectivity index (χ2n) is 8.18. The van der Waals surface area contributed by atoms with Crippen molar-refractivity contribution in [2.24, 2.45) is 0 Å². The first-order chi connectivity index (χ1) is 14.3. The first-order valence-electron chi connectivity index (χ1n) is 10.4. The second-order valence-corrected chi connectivity index (χ2v) is 8.18. The summed E-state index contributed by atoms with van der Waals surface area (Å²) < 4.78 is 12.3. The van der Waals surface area contributed by atoms with Crippen LogP contribution in [0.25, 0.3) is 0 Å². The molecule has 5 rings (SSSR count). The molecule has 3 aromatic carbocycles. The van der Waals surface area contributed by atoms with Gasteiger partial charge in [-0.2, -0.15) is 0 Å². The molecule has 2 heterocycles. The van der Waals surface area contributed by atoms with Gasteiger partial charge in [0.15, 0.2) is 0 Å². The topological polar surface area (TPSA) is 28.3 Å². The highest BCUT2D eigenvalue weighted by Crippen LogP contribution is 2.54. The van der Waals surface area contributed by atoms with Gasteiger partial charge in [-0.05, 0) is 23.6 Å². The number of rotatable bonds is 8. The molecule has 0 radical (unpaired) electrons. The van der Waals surface area contributed by atoms with E-state index in [1.807, 2.05) is 6.07 Å².